The average Bonchev–Trinajstić information content (AvgIpc) is 2.94. The molecule has 1 heterocycles. The van der Waals surface area contributed by atoms with E-state index < -0.39 is 5.97 Å². The molecule has 0 bridgehead atoms. The van der Waals surface area contributed by atoms with Crippen LogP contribution in [0.5, 0.6) is 5.75 Å². The lowest BCUT2D eigenvalue weighted by Gasteiger charge is -2.10. The quantitative estimate of drug-likeness (QED) is 0.468. The largest absolute Gasteiger partial charge is 0.494 e. The van der Waals surface area contributed by atoms with E-state index in [4.69, 9.17) is 9.84 Å². The van der Waals surface area contributed by atoms with Crippen molar-refractivity contribution >= 4 is 11.9 Å². The van der Waals surface area contributed by atoms with E-state index >= 15 is 0 Å². The highest BCUT2D eigenvalue weighted by Crippen LogP contribution is 2.18. The molecule has 3 rings (SSSR count). The Hall–Kier alpha value is -3.09. The highest BCUT2D eigenvalue weighted by atomic mass is 16.5. The number of carboxylic acids is 1. The number of ether oxygens (including phenoxy) is 1. The van der Waals surface area contributed by atoms with Crippen molar-refractivity contribution in [3.63, 3.8) is 0 Å². The van der Waals surface area contributed by atoms with Gasteiger partial charge in [0.25, 0.3) is 11.5 Å². The number of carbonyl (C=O) groups excluding carboxylic acids is 1. The van der Waals surface area contributed by atoms with Crippen molar-refractivity contribution in [1.29, 1.82) is 0 Å². The summed E-state index contributed by atoms with van der Waals surface area (Å²) in [6.07, 6.45) is 5.54. The number of carboxylic acid groups (broad SMARTS) is 1. The van der Waals surface area contributed by atoms with Crippen molar-refractivity contribution < 1.29 is 19.4 Å². The Morgan fingerprint density at radius 3 is 2.62 bits per heavy atom. The minimum atomic E-state index is -0.840. The number of H-pyrrole nitrogens is 1. The SMILES string of the molecule is O=C(O)CCCOc1ccc(CNC(=O)c2cc3c([nH]c2=O)CCCCC3)cc1. The molecule has 0 aliphatic heterocycles. The summed E-state index contributed by atoms with van der Waals surface area (Å²) >= 11 is 0. The maximum atomic E-state index is 12.5. The number of rotatable bonds is 8. The lowest BCUT2D eigenvalue weighted by molar-refractivity contribution is -0.137. The van der Waals surface area contributed by atoms with Gasteiger partial charge in [0.1, 0.15) is 11.3 Å². The standard InChI is InChI=1S/C22H26N2O5/c25-20(26)7-4-12-29-17-10-8-15(9-11-17)14-23-21(27)18-13-16-5-2-1-3-6-19(16)24-22(18)28/h8-11,13H,1-7,12,14H2,(H,23,27)(H,24,28)(H,25,26). The van der Waals surface area contributed by atoms with Crippen molar-refractivity contribution in [2.75, 3.05) is 6.61 Å². The minimum absolute atomic E-state index is 0.0753. The van der Waals surface area contributed by atoms with Gasteiger partial charge in [-0.05, 0) is 61.4 Å². The fourth-order valence-electron chi connectivity index (χ4n) is 3.41. The molecule has 1 amide bonds. The van der Waals surface area contributed by atoms with Crippen molar-refractivity contribution in [3.8, 4) is 5.75 Å². The normalized spacial score (nSPS) is 13.2. The zero-order chi connectivity index (χ0) is 20.6. The monoisotopic (exact) mass is 398 g/mol. The van der Waals surface area contributed by atoms with Crippen LogP contribution < -0.4 is 15.6 Å². The molecule has 1 aliphatic carbocycles. The van der Waals surface area contributed by atoms with Crippen LogP contribution in [0.2, 0.25) is 0 Å². The summed E-state index contributed by atoms with van der Waals surface area (Å²) in [6.45, 7) is 0.637. The Bertz CT molecular complexity index is 918. The van der Waals surface area contributed by atoms with Crippen LogP contribution in [0.25, 0.3) is 0 Å². The van der Waals surface area contributed by atoms with Crippen LogP contribution in [-0.2, 0) is 24.2 Å². The van der Waals surface area contributed by atoms with Gasteiger partial charge in [0, 0.05) is 18.7 Å². The minimum Gasteiger partial charge on any atom is -0.494 e. The summed E-state index contributed by atoms with van der Waals surface area (Å²) in [4.78, 5) is 38.2. The molecule has 0 saturated carbocycles. The van der Waals surface area contributed by atoms with E-state index in [1.54, 1.807) is 18.2 Å². The second kappa shape index (κ2) is 9.91. The molecule has 1 aliphatic rings. The molecule has 7 nitrogen and oxygen atoms in total. The van der Waals surface area contributed by atoms with Crippen LogP contribution in [0.1, 0.15) is 59.3 Å². The fourth-order valence-corrected chi connectivity index (χ4v) is 3.41. The van der Waals surface area contributed by atoms with Crippen LogP contribution in [0, 0.1) is 0 Å². The number of aliphatic carboxylic acids is 1. The van der Waals surface area contributed by atoms with Crippen LogP contribution in [0.4, 0.5) is 0 Å². The summed E-state index contributed by atoms with van der Waals surface area (Å²) in [5.74, 6) is -0.576. The number of aromatic amines is 1. The van der Waals surface area contributed by atoms with Crippen molar-refractivity contribution in [2.24, 2.45) is 0 Å². The first kappa shape index (κ1) is 20.6. The Morgan fingerprint density at radius 2 is 1.86 bits per heavy atom. The van der Waals surface area contributed by atoms with Gasteiger partial charge in [-0.25, -0.2) is 0 Å². The van der Waals surface area contributed by atoms with Gasteiger partial charge in [-0.2, -0.15) is 0 Å². The molecule has 1 aromatic heterocycles. The molecule has 0 saturated heterocycles. The number of pyridine rings is 1. The van der Waals surface area contributed by atoms with Gasteiger partial charge < -0.3 is 20.1 Å². The number of nitrogens with one attached hydrogen (secondary N) is 2. The van der Waals surface area contributed by atoms with Gasteiger partial charge in [-0.3, -0.25) is 14.4 Å². The van der Waals surface area contributed by atoms with E-state index in [-0.39, 0.29) is 23.5 Å². The first-order valence-electron chi connectivity index (χ1n) is 10.00. The second-order valence-electron chi connectivity index (χ2n) is 7.25. The molecule has 0 spiro atoms. The average molecular weight is 398 g/mol. The molecule has 0 atom stereocenters. The van der Waals surface area contributed by atoms with E-state index in [2.05, 4.69) is 10.3 Å². The molecular formula is C22H26N2O5. The third-order valence-corrected chi connectivity index (χ3v) is 5.01. The molecular weight excluding hydrogens is 372 g/mol. The molecule has 0 radical (unpaired) electrons. The van der Waals surface area contributed by atoms with Gasteiger partial charge in [0.05, 0.1) is 6.61 Å². The van der Waals surface area contributed by atoms with E-state index in [0.717, 1.165) is 48.9 Å². The Balaban J connectivity index is 1.55. The zero-order valence-electron chi connectivity index (χ0n) is 16.3. The second-order valence-corrected chi connectivity index (χ2v) is 7.25. The highest BCUT2D eigenvalue weighted by Gasteiger charge is 2.16. The van der Waals surface area contributed by atoms with Crippen LogP contribution in [-0.4, -0.2) is 28.6 Å². The highest BCUT2D eigenvalue weighted by molar-refractivity contribution is 5.94. The molecule has 2 aromatic rings. The van der Waals surface area contributed by atoms with Crippen LogP contribution in [0.3, 0.4) is 0 Å². The topological polar surface area (TPSA) is 108 Å². The van der Waals surface area contributed by atoms with Crippen LogP contribution >= 0.6 is 0 Å². The van der Waals surface area contributed by atoms with Crippen molar-refractivity contribution in [2.45, 2.75) is 51.5 Å². The zero-order valence-corrected chi connectivity index (χ0v) is 16.3. The third-order valence-electron chi connectivity index (χ3n) is 5.01. The summed E-state index contributed by atoms with van der Waals surface area (Å²) < 4.78 is 5.49. The molecule has 154 valence electrons. The van der Waals surface area contributed by atoms with Gasteiger partial charge >= 0.3 is 5.97 Å². The molecule has 29 heavy (non-hydrogen) atoms. The third kappa shape index (κ3) is 5.94. The van der Waals surface area contributed by atoms with Gasteiger partial charge in [-0.1, -0.05) is 18.6 Å². The number of aryl methyl sites for hydroxylation is 2. The lowest BCUT2D eigenvalue weighted by Crippen LogP contribution is -2.30. The maximum Gasteiger partial charge on any atom is 0.303 e. The molecule has 1 aromatic carbocycles. The van der Waals surface area contributed by atoms with E-state index in [1.165, 1.54) is 0 Å². The summed E-state index contributed by atoms with van der Waals surface area (Å²) in [5, 5.41) is 11.4. The molecule has 0 unspecified atom stereocenters. The van der Waals surface area contributed by atoms with E-state index in [9.17, 15) is 14.4 Å². The smallest absolute Gasteiger partial charge is 0.303 e. The van der Waals surface area contributed by atoms with E-state index in [0.29, 0.717) is 25.3 Å². The number of benzene rings is 1. The molecule has 0 fully saturated rings. The van der Waals surface area contributed by atoms with Crippen molar-refractivity contribution in [1.82, 2.24) is 10.3 Å². The van der Waals surface area contributed by atoms with Gasteiger partial charge in [0.15, 0.2) is 0 Å². The fraction of sp³-hybridized carbons (Fsp3) is 0.409. The predicted octanol–water partition coefficient (Wildman–Crippen LogP) is 2.82. The maximum absolute atomic E-state index is 12.5. The first-order valence-corrected chi connectivity index (χ1v) is 10.00. The summed E-state index contributed by atoms with van der Waals surface area (Å²) in [6, 6.07) is 8.94. The first-order chi connectivity index (χ1) is 14.0. The number of hydrogen-bond acceptors (Lipinski definition) is 4. The van der Waals surface area contributed by atoms with Gasteiger partial charge in [-0.15, -0.1) is 0 Å². The van der Waals surface area contributed by atoms with Crippen molar-refractivity contribution in [3.05, 3.63) is 63.1 Å². The number of carbonyl (C=O) groups is 2. The number of amides is 1. The summed E-state index contributed by atoms with van der Waals surface area (Å²) in [5.41, 5.74) is 2.72. The molecule has 3 N–H and O–H groups in total. The Labute approximate surface area is 169 Å². The lowest BCUT2D eigenvalue weighted by atomic mass is 10.1. The number of aromatic nitrogens is 1. The number of hydrogen-bond donors (Lipinski definition) is 3. The van der Waals surface area contributed by atoms with Crippen LogP contribution in [0.15, 0.2) is 35.1 Å². The summed E-state index contributed by atoms with van der Waals surface area (Å²) in [7, 11) is 0. The molecule has 7 heteroatoms. The van der Waals surface area contributed by atoms with E-state index in [1.807, 2.05) is 12.1 Å². The van der Waals surface area contributed by atoms with Gasteiger partial charge in [0.2, 0.25) is 0 Å². The number of fused-ring (bicyclic) bond motifs is 1. The Morgan fingerprint density at radius 1 is 1.10 bits per heavy atom. The Kier molecular flexibility index (Phi) is 7.05. The predicted molar refractivity (Wildman–Crippen MR) is 108 cm³/mol.